The van der Waals surface area contributed by atoms with Crippen molar-refractivity contribution in [2.75, 3.05) is 6.61 Å². The number of aliphatic hydroxyl groups excluding tert-OH is 1. The van der Waals surface area contributed by atoms with Gasteiger partial charge in [-0.1, -0.05) is 24.3 Å². The van der Waals surface area contributed by atoms with Crippen molar-refractivity contribution in [1.82, 2.24) is 0 Å². The van der Waals surface area contributed by atoms with Crippen LogP contribution in [-0.4, -0.2) is 17.8 Å². The third-order valence-electron chi connectivity index (χ3n) is 2.79. The molecule has 0 bridgehead atoms. The van der Waals surface area contributed by atoms with E-state index >= 15 is 0 Å². The first-order valence-electron chi connectivity index (χ1n) is 5.25. The van der Waals surface area contributed by atoms with Gasteiger partial charge in [-0.15, -0.1) is 0 Å². The van der Waals surface area contributed by atoms with Gasteiger partial charge in [0.25, 0.3) is 0 Å². The van der Waals surface area contributed by atoms with Crippen LogP contribution in [0.5, 0.6) is 0 Å². The molecule has 0 amide bonds. The topological polar surface area (TPSA) is 46.2 Å². The second-order valence-corrected chi connectivity index (χ2v) is 4.12. The van der Waals surface area contributed by atoms with Gasteiger partial charge >= 0.3 is 0 Å². The van der Waals surface area contributed by atoms with Crippen molar-refractivity contribution in [3.05, 3.63) is 35.4 Å². The van der Waals surface area contributed by atoms with Gasteiger partial charge in [0.1, 0.15) is 0 Å². The summed E-state index contributed by atoms with van der Waals surface area (Å²) in [5, 5.41) is 8.92. The van der Waals surface area contributed by atoms with E-state index in [1.54, 1.807) is 0 Å². The predicted molar refractivity (Wildman–Crippen MR) is 57.2 cm³/mol. The maximum absolute atomic E-state index is 8.92. The van der Waals surface area contributed by atoms with Crippen LogP contribution < -0.4 is 5.73 Å². The molecule has 1 aliphatic rings. The SMILES string of the molecule is NC(CO)Cc1ccccc1C1CC1. The molecule has 0 aromatic heterocycles. The number of nitrogens with two attached hydrogens (primary N) is 1. The van der Waals surface area contributed by atoms with E-state index in [0.717, 1.165) is 12.3 Å². The third-order valence-corrected chi connectivity index (χ3v) is 2.79. The van der Waals surface area contributed by atoms with Gasteiger partial charge in [0.15, 0.2) is 0 Å². The van der Waals surface area contributed by atoms with Gasteiger partial charge in [0.2, 0.25) is 0 Å². The molecule has 76 valence electrons. The lowest BCUT2D eigenvalue weighted by molar-refractivity contribution is 0.265. The number of hydrogen-bond donors (Lipinski definition) is 2. The van der Waals surface area contributed by atoms with Crippen molar-refractivity contribution in [2.45, 2.75) is 31.2 Å². The van der Waals surface area contributed by atoms with Crippen molar-refractivity contribution in [2.24, 2.45) is 5.73 Å². The number of aliphatic hydroxyl groups is 1. The minimum Gasteiger partial charge on any atom is -0.395 e. The van der Waals surface area contributed by atoms with Gasteiger partial charge < -0.3 is 10.8 Å². The summed E-state index contributed by atoms with van der Waals surface area (Å²) in [4.78, 5) is 0. The second kappa shape index (κ2) is 4.11. The number of benzene rings is 1. The molecule has 2 heteroatoms. The van der Waals surface area contributed by atoms with Crippen LogP contribution in [0.25, 0.3) is 0 Å². The third kappa shape index (κ3) is 2.14. The van der Waals surface area contributed by atoms with Crippen molar-refractivity contribution >= 4 is 0 Å². The first-order chi connectivity index (χ1) is 6.81. The standard InChI is InChI=1S/C12H17NO/c13-11(8-14)7-10-3-1-2-4-12(10)9-5-6-9/h1-4,9,11,14H,5-8,13H2. The summed E-state index contributed by atoms with van der Waals surface area (Å²) < 4.78 is 0. The molecule has 0 saturated heterocycles. The van der Waals surface area contributed by atoms with E-state index in [4.69, 9.17) is 10.8 Å². The van der Waals surface area contributed by atoms with Gasteiger partial charge in [-0.2, -0.15) is 0 Å². The highest BCUT2D eigenvalue weighted by Crippen LogP contribution is 2.41. The maximum Gasteiger partial charge on any atom is 0.0585 e. The lowest BCUT2D eigenvalue weighted by Gasteiger charge is -2.12. The Bertz CT molecular complexity index is 307. The fraction of sp³-hybridized carbons (Fsp3) is 0.500. The first kappa shape index (κ1) is 9.69. The molecule has 2 nitrogen and oxygen atoms in total. The summed E-state index contributed by atoms with van der Waals surface area (Å²) in [5.74, 6) is 0.761. The van der Waals surface area contributed by atoms with Crippen molar-refractivity contribution in [3.8, 4) is 0 Å². The smallest absolute Gasteiger partial charge is 0.0585 e. The Labute approximate surface area is 84.7 Å². The summed E-state index contributed by atoms with van der Waals surface area (Å²) >= 11 is 0. The fourth-order valence-electron chi connectivity index (χ4n) is 1.86. The van der Waals surface area contributed by atoms with Crippen LogP contribution >= 0.6 is 0 Å². The van der Waals surface area contributed by atoms with Gasteiger partial charge in [-0.05, 0) is 36.3 Å². The summed E-state index contributed by atoms with van der Waals surface area (Å²) in [6.07, 6.45) is 3.42. The molecule has 1 unspecified atom stereocenters. The average molecular weight is 191 g/mol. The van der Waals surface area contributed by atoms with Gasteiger partial charge in [-0.3, -0.25) is 0 Å². The molecule has 1 atom stereocenters. The van der Waals surface area contributed by atoms with E-state index in [-0.39, 0.29) is 12.6 Å². The van der Waals surface area contributed by atoms with Crippen molar-refractivity contribution < 1.29 is 5.11 Å². The van der Waals surface area contributed by atoms with Crippen LogP contribution in [-0.2, 0) is 6.42 Å². The Morgan fingerprint density at radius 3 is 2.71 bits per heavy atom. The average Bonchev–Trinajstić information content (AvgIpc) is 3.02. The Morgan fingerprint density at radius 2 is 2.07 bits per heavy atom. The largest absolute Gasteiger partial charge is 0.395 e. The molecule has 0 radical (unpaired) electrons. The molecule has 1 aromatic rings. The Hall–Kier alpha value is -0.860. The number of rotatable bonds is 4. The predicted octanol–water partition coefficient (Wildman–Crippen LogP) is 1.43. The molecule has 1 aromatic carbocycles. The zero-order chi connectivity index (χ0) is 9.97. The van der Waals surface area contributed by atoms with Gasteiger partial charge in [0, 0.05) is 6.04 Å². The quantitative estimate of drug-likeness (QED) is 0.756. The molecular weight excluding hydrogens is 174 g/mol. The van der Waals surface area contributed by atoms with Crippen LogP contribution in [0.15, 0.2) is 24.3 Å². The van der Waals surface area contributed by atoms with E-state index in [2.05, 4.69) is 18.2 Å². The van der Waals surface area contributed by atoms with E-state index in [1.165, 1.54) is 24.0 Å². The number of hydrogen-bond acceptors (Lipinski definition) is 2. The highest BCUT2D eigenvalue weighted by Gasteiger charge is 2.25. The van der Waals surface area contributed by atoms with Crippen molar-refractivity contribution in [3.63, 3.8) is 0 Å². The molecule has 14 heavy (non-hydrogen) atoms. The molecule has 0 aliphatic heterocycles. The van der Waals surface area contributed by atoms with Crippen LogP contribution in [0.1, 0.15) is 29.9 Å². The molecule has 1 saturated carbocycles. The molecular formula is C12H17NO. The van der Waals surface area contributed by atoms with Crippen LogP contribution in [0.2, 0.25) is 0 Å². The Kier molecular flexibility index (Phi) is 2.85. The highest BCUT2D eigenvalue weighted by atomic mass is 16.3. The summed E-state index contributed by atoms with van der Waals surface area (Å²) in [6, 6.07) is 8.34. The summed E-state index contributed by atoms with van der Waals surface area (Å²) in [7, 11) is 0. The molecule has 1 aliphatic carbocycles. The van der Waals surface area contributed by atoms with Crippen LogP contribution in [0.3, 0.4) is 0 Å². The molecule has 0 heterocycles. The lowest BCUT2D eigenvalue weighted by atomic mass is 9.98. The van der Waals surface area contributed by atoms with E-state index in [1.807, 2.05) is 6.07 Å². The Balaban J connectivity index is 2.14. The maximum atomic E-state index is 8.92. The first-order valence-corrected chi connectivity index (χ1v) is 5.25. The summed E-state index contributed by atoms with van der Waals surface area (Å²) in [6.45, 7) is 0.0685. The monoisotopic (exact) mass is 191 g/mol. The fourth-order valence-corrected chi connectivity index (χ4v) is 1.86. The molecule has 2 rings (SSSR count). The van der Waals surface area contributed by atoms with Gasteiger partial charge in [0.05, 0.1) is 6.61 Å². The van der Waals surface area contributed by atoms with Crippen LogP contribution in [0, 0.1) is 0 Å². The van der Waals surface area contributed by atoms with Gasteiger partial charge in [-0.25, -0.2) is 0 Å². The Morgan fingerprint density at radius 1 is 1.36 bits per heavy atom. The van der Waals surface area contributed by atoms with E-state index in [9.17, 15) is 0 Å². The molecule has 0 spiro atoms. The lowest BCUT2D eigenvalue weighted by Crippen LogP contribution is -2.27. The summed E-state index contributed by atoms with van der Waals surface area (Å²) in [5.41, 5.74) is 8.50. The van der Waals surface area contributed by atoms with E-state index in [0.29, 0.717) is 0 Å². The zero-order valence-electron chi connectivity index (χ0n) is 8.32. The van der Waals surface area contributed by atoms with E-state index < -0.39 is 0 Å². The van der Waals surface area contributed by atoms with Crippen LogP contribution in [0.4, 0.5) is 0 Å². The zero-order valence-corrected chi connectivity index (χ0v) is 8.32. The van der Waals surface area contributed by atoms with Crippen molar-refractivity contribution in [1.29, 1.82) is 0 Å². The molecule has 3 N–H and O–H groups in total. The second-order valence-electron chi connectivity index (χ2n) is 4.12. The highest BCUT2D eigenvalue weighted by molar-refractivity contribution is 5.33. The molecule has 1 fully saturated rings. The minimum absolute atomic E-state index is 0.0685. The minimum atomic E-state index is -0.116. The normalized spacial score (nSPS) is 18.1.